The lowest BCUT2D eigenvalue weighted by molar-refractivity contribution is -0.887. The highest BCUT2D eigenvalue weighted by Crippen LogP contribution is 2.14. The normalized spacial score (nSPS) is 13.5. The van der Waals surface area contributed by atoms with E-state index in [1.165, 1.54) is 64.2 Å². The Kier molecular flexibility index (Phi) is 28.3. The first-order valence-electron chi connectivity index (χ1n) is 18.0. The Morgan fingerprint density at radius 2 is 1.20 bits per heavy atom. The van der Waals surface area contributed by atoms with Crippen molar-refractivity contribution in [3.8, 4) is 0 Å². The zero-order chi connectivity index (χ0) is 34.3. The minimum atomic E-state index is -0.889. The highest BCUT2D eigenvalue weighted by molar-refractivity contribution is 5.72. The van der Waals surface area contributed by atoms with Crippen LogP contribution in [0.15, 0.2) is 36.5 Å². The molecule has 0 heterocycles. The number of carboxylic acid groups (broad SMARTS) is 1. The highest BCUT2D eigenvalue weighted by atomic mass is 16.6. The molecule has 8 heteroatoms. The van der Waals surface area contributed by atoms with Crippen LogP contribution in [0.1, 0.15) is 136 Å². The second-order valence-corrected chi connectivity index (χ2v) is 13.1. The van der Waals surface area contributed by atoms with Crippen LogP contribution in [0.2, 0.25) is 0 Å². The Morgan fingerprint density at radius 3 is 1.72 bits per heavy atom. The number of ether oxygens (including phenoxy) is 3. The number of quaternary nitrogens is 1. The average molecular weight is 651 g/mol. The van der Waals surface area contributed by atoms with Gasteiger partial charge in [-0.3, -0.25) is 9.59 Å². The SMILES string of the molecule is CC/C=C/C/C=C/C/C=C/CC(=O)OC(COCCC(C(=O)O)[N+](C)(C)C)COC(=O)CCCCCCCCCCCCCCC. The van der Waals surface area contributed by atoms with Crippen LogP contribution in [-0.4, -0.2) is 80.6 Å². The van der Waals surface area contributed by atoms with E-state index < -0.39 is 24.1 Å². The molecule has 1 N–H and O–H groups in total. The standard InChI is InChI=1S/C38H67NO7/c1-6-8-10-12-14-16-17-18-19-21-22-24-26-28-36(40)45-33-34(32-44-31-30-35(38(42)43)39(3,4)5)46-37(41)29-27-25-23-20-15-13-11-9-7-2/h9,11,15,20,25,27,34-35H,6-8,10,12-14,16-19,21-24,26,28-33H2,1-5H3/p+1/b11-9+,20-15+,27-25+. The fraction of sp³-hybridized carbons (Fsp3) is 0.763. The van der Waals surface area contributed by atoms with Crippen molar-refractivity contribution in [1.29, 1.82) is 0 Å². The van der Waals surface area contributed by atoms with Crippen molar-refractivity contribution in [2.75, 3.05) is 41.0 Å². The summed E-state index contributed by atoms with van der Waals surface area (Å²) in [6.07, 6.45) is 30.8. The maximum absolute atomic E-state index is 12.5. The molecule has 8 nitrogen and oxygen atoms in total. The first-order chi connectivity index (χ1) is 22.1. The average Bonchev–Trinajstić information content (AvgIpc) is 3.00. The topological polar surface area (TPSA) is 99.1 Å². The van der Waals surface area contributed by atoms with Crippen LogP contribution in [-0.2, 0) is 28.6 Å². The number of unbranched alkanes of at least 4 members (excludes halogenated alkanes) is 12. The second-order valence-electron chi connectivity index (χ2n) is 13.1. The van der Waals surface area contributed by atoms with Gasteiger partial charge in [0.1, 0.15) is 6.61 Å². The van der Waals surface area contributed by atoms with E-state index in [2.05, 4.69) is 38.2 Å². The third-order valence-corrected chi connectivity index (χ3v) is 7.84. The molecule has 0 aliphatic heterocycles. The first-order valence-corrected chi connectivity index (χ1v) is 18.0. The van der Waals surface area contributed by atoms with Gasteiger partial charge in [-0.1, -0.05) is 127 Å². The molecule has 0 aromatic rings. The van der Waals surface area contributed by atoms with Gasteiger partial charge in [0.25, 0.3) is 0 Å². The molecule has 0 rings (SSSR count). The number of carbonyl (C=O) groups is 3. The number of likely N-dealkylation sites (N-methyl/N-ethyl adjacent to an activating group) is 1. The second kappa shape index (κ2) is 29.9. The number of allylic oxidation sites excluding steroid dienone is 5. The van der Waals surface area contributed by atoms with Gasteiger partial charge in [-0.15, -0.1) is 0 Å². The van der Waals surface area contributed by atoms with Crippen molar-refractivity contribution < 1.29 is 38.2 Å². The van der Waals surface area contributed by atoms with E-state index in [1.54, 1.807) is 6.08 Å². The highest BCUT2D eigenvalue weighted by Gasteiger charge is 2.31. The summed E-state index contributed by atoms with van der Waals surface area (Å²) in [5, 5.41) is 9.55. The Balaban J connectivity index is 4.50. The molecule has 0 aromatic carbocycles. The summed E-state index contributed by atoms with van der Waals surface area (Å²) >= 11 is 0. The third-order valence-electron chi connectivity index (χ3n) is 7.84. The molecule has 0 bridgehead atoms. The maximum Gasteiger partial charge on any atom is 0.362 e. The lowest BCUT2D eigenvalue weighted by Crippen LogP contribution is -2.50. The molecule has 0 fully saturated rings. The van der Waals surface area contributed by atoms with Gasteiger partial charge in [0.2, 0.25) is 0 Å². The van der Waals surface area contributed by atoms with Crippen molar-refractivity contribution in [3.63, 3.8) is 0 Å². The lowest BCUT2D eigenvalue weighted by atomic mass is 10.0. The van der Waals surface area contributed by atoms with E-state index in [0.29, 0.717) is 12.8 Å². The minimum absolute atomic E-state index is 0.0268. The van der Waals surface area contributed by atoms with E-state index in [-0.39, 0.29) is 36.7 Å². The Labute approximate surface area is 281 Å². The molecule has 2 atom stereocenters. The van der Waals surface area contributed by atoms with Gasteiger partial charge in [0.05, 0.1) is 40.8 Å². The monoisotopic (exact) mass is 650 g/mol. The number of nitrogens with zero attached hydrogens (tertiary/aromatic N) is 1. The summed E-state index contributed by atoms with van der Waals surface area (Å²) in [6.45, 7) is 4.48. The fourth-order valence-corrected chi connectivity index (χ4v) is 5.04. The number of esters is 2. The Hall–Kier alpha value is -2.45. The zero-order valence-electron chi connectivity index (χ0n) is 30.0. The zero-order valence-corrected chi connectivity index (χ0v) is 30.0. The van der Waals surface area contributed by atoms with Crippen LogP contribution in [0.25, 0.3) is 0 Å². The molecule has 0 amide bonds. The molecular weight excluding hydrogens is 582 g/mol. The first kappa shape index (κ1) is 43.5. The quantitative estimate of drug-likeness (QED) is 0.0347. The van der Waals surface area contributed by atoms with Crippen LogP contribution in [0, 0.1) is 0 Å². The van der Waals surface area contributed by atoms with E-state index in [4.69, 9.17) is 14.2 Å². The van der Waals surface area contributed by atoms with Gasteiger partial charge < -0.3 is 23.8 Å². The van der Waals surface area contributed by atoms with Gasteiger partial charge in [0, 0.05) is 12.8 Å². The van der Waals surface area contributed by atoms with Gasteiger partial charge >= 0.3 is 17.9 Å². The van der Waals surface area contributed by atoms with Crippen LogP contribution in [0.4, 0.5) is 0 Å². The molecule has 266 valence electrons. The van der Waals surface area contributed by atoms with Crippen LogP contribution >= 0.6 is 0 Å². The van der Waals surface area contributed by atoms with E-state index in [0.717, 1.165) is 38.5 Å². The summed E-state index contributed by atoms with van der Waals surface area (Å²) in [4.78, 5) is 36.5. The molecule has 46 heavy (non-hydrogen) atoms. The molecule has 2 unspecified atom stereocenters. The van der Waals surface area contributed by atoms with Gasteiger partial charge in [-0.25, -0.2) is 4.79 Å². The maximum atomic E-state index is 12.5. The molecule has 0 radical (unpaired) electrons. The molecular formula is C38H68NO7+. The van der Waals surface area contributed by atoms with Crippen molar-refractivity contribution in [1.82, 2.24) is 0 Å². The summed E-state index contributed by atoms with van der Waals surface area (Å²) in [7, 11) is 5.48. The molecule has 0 aliphatic rings. The van der Waals surface area contributed by atoms with Crippen LogP contribution < -0.4 is 0 Å². The fourth-order valence-electron chi connectivity index (χ4n) is 5.04. The van der Waals surface area contributed by atoms with Crippen molar-refractivity contribution >= 4 is 17.9 Å². The summed E-state index contributed by atoms with van der Waals surface area (Å²) in [5.41, 5.74) is 0. The number of carbonyl (C=O) groups excluding carboxylic acids is 2. The molecule has 0 spiro atoms. The summed E-state index contributed by atoms with van der Waals surface area (Å²) in [5.74, 6) is -1.62. The van der Waals surface area contributed by atoms with Gasteiger partial charge in [-0.05, 0) is 25.7 Å². The summed E-state index contributed by atoms with van der Waals surface area (Å²) < 4.78 is 17.0. The predicted molar refractivity (Wildman–Crippen MR) is 188 cm³/mol. The predicted octanol–water partition coefficient (Wildman–Crippen LogP) is 8.74. The van der Waals surface area contributed by atoms with Crippen LogP contribution in [0.5, 0.6) is 0 Å². The van der Waals surface area contributed by atoms with E-state index in [1.807, 2.05) is 27.2 Å². The smallest absolute Gasteiger partial charge is 0.362 e. The summed E-state index contributed by atoms with van der Waals surface area (Å²) in [6, 6.07) is -0.624. The minimum Gasteiger partial charge on any atom is -0.477 e. The Bertz CT molecular complexity index is 860. The molecule has 0 aliphatic carbocycles. The van der Waals surface area contributed by atoms with E-state index in [9.17, 15) is 19.5 Å². The van der Waals surface area contributed by atoms with Crippen LogP contribution in [0.3, 0.4) is 0 Å². The largest absolute Gasteiger partial charge is 0.477 e. The van der Waals surface area contributed by atoms with Gasteiger partial charge in [-0.2, -0.15) is 0 Å². The molecule has 0 saturated heterocycles. The van der Waals surface area contributed by atoms with Crippen molar-refractivity contribution in [2.24, 2.45) is 0 Å². The van der Waals surface area contributed by atoms with Crippen molar-refractivity contribution in [2.45, 2.75) is 148 Å². The third kappa shape index (κ3) is 27.8. The van der Waals surface area contributed by atoms with E-state index >= 15 is 0 Å². The van der Waals surface area contributed by atoms with Gasteiger partial charge in [0.15, 0.2) is 12.1 Å². The number of hydrogen-bond donors (Lipinski definition) is 1. The number of carboxylic acids is 1. The lowest BCUT2D eigenvalue weighted by Gasteiger charge is -2.31. The Morgan fingerprint density at radius 1 is 0.674 bits per heavy atom. The molecule has 0 saturated carbocycles. The van der Waals surface area contributed by atoms with Crippen molar-refractivity contribution in [3.05, 3.63) is 36.5 Å². The number of aliphatic carboxylic acids is 1. The number of hydrogen-bond acceptors (Lipinski definition) is 6. The molecule has 0 aromatic heterocycles. The number of rotatable bonds is 31.